The zero-order chi connectivity index (χ0) is 25.7. The van der Waals surface area contributed by atoms with Crippen LogP contribution in [0.25, 0.3) is 0 Å². The first-order chi connectivity index (χ1) is 17.1. The number of piperidine rings is 1. The van der Waals surface area contributed by atoms with Crippen LogP contribution in [0.1, 0.15) is 41.7 Å². The monoisotopic (exact) mass is 503 g/mol. The lowest BCUT2D eigenvalue weighted by Gasteiger charge is -2.37. The first-order valence-electron chi connectivity index (χ1n) is 12.0. The maximum Gasteiger partial charge on any atom is 0.398 e. The van der Waals surface area contributed by atoms with Gasteiger partial charge < -0.3 is 25.8 Å². The van der Waals surface area contributed by atoms with Crippen molar-refractivity contribution in [2.45, 2.75) is 43.3 Å². The van der Waals surface area contributed by atoms with Crippen molar-refractivity contribution in [3.63, 3.8) is 0 Å². The summed E-state index contributed by atoms with van der Waals surface area (Å²) in [5, 5.41) is 3.00. The molecule has 2 aliphatic heterocycles. The number of nitrogens with two attached hydrogens (primary N) is 1. The van der Waals surface area contributed by atoms with Gasteiger partial charge in [-0.25, -0.2) is 14.8 Å². The molecule has 2 aromatic rings. The van der Waals surface area contributed by atoms with E-state index in [2.05, 4.69) is 15.3 Å². The predicted molar refractivity (Wildman–Crippen MR) is 127 cm³/mol. The van der Waals surface area contributed by atoms with E-state index in [4.69, 9.17) is 5.73 Å². The van der Waals surface area contributed by atoms with Crippen molar-refractivity contribution in [3.05, 3.63) is 41.7 Å². The Kier molecular flexibility index (Phi) is 5.92. The molecule has 3 fully saturated rings. The van der Waals surface area contributed by atoms with Gasteiger partial charge in [-0.3, -0.25) is 4.79 Å². The molecule has 1 aromatic carbocycles. The molecule has 0 bridgehead atoms. The number of carbonyl (C=O) groups excluding carboxylic acids is 2. The second-order valence-corrected chi connectivity index (χ2v) is 9.71. The van der Waals surface area contributed by atoms with E-state index in [-0.39, 0.29) is 42.0 Å². The minimum Gasteiger partial charge on any atom is -0.364 e. The number of halogens is 3. The molecule has 192 valence electrons. The lowest BCUT2D eigenvalue weighted by atomic mass is 9.95. The van der Waals surface area contributed by atoms with Gasteiger partial charge >= 0.3 is 12.2 Å². The lowest BCUT2D eigenvalue weighted by Crippen LogP contribution is -2.49. The van der Waals surface area contributed by atoms with Crippen LogP contribution in [0.15, 0.2) is 30.5 Å². The average Bonchev–Trinajstić information content (AvgIpc) is 3.61. The van der Waals surface area contributed by atoms with Crippen LogP contribution < -0.4 is 16.0 Å². The molecule has 0 spiro atoms. The summed E-state index contributed by atoms with van der Waals surface area (Å²) in [6.07, 6.45) is -0.892. The van der Waals surface area contributed by atoms with Crippen LogP contribution in [0.3, 0.4) is 0 Å². The number of rotatable bonds is 6. The van der Waals surface area contributed by atoms with Gasteiger partial charge in [-0.15, -0.1) is 0 Å². The highest BCUT2D eigenvalue weighted by Crippen LogP contribution is 2.58. The van der Waals surface area contributed by atoms with Gasteiger partial charge in [0.15, 0.2) is 11.5 Å². The molecule has 3 N–H and O–H groups in total. The molecular formula is C24H28F3N7O2. The van der Waals surface area contributed by atoms with Crippen LogP contribution in [0.2, 0.25) is 0 Å². The van der Waals surface area contributed by atoms with E-state index in [1.807, 2.05) is 9.80 Å². The average molecular weight is 504 g/mol. The third kappa shape index (κ3) is 4.28. The SMILES string of the molecule is CN1CCN(C2CCCN(c3cnc(C(N)=O)c(Nc4ccc(C5(C(F)(F)F)CC5)cc4)n3)C2)C1=O. The topological polar surface area (TPSA) is 108 Å². The van der Waals surface area contributed by atoms with Crippen molar-refractivity contribution in [3.8, 4) is 0 Å². The quantitative estimate of drug-likeness (QED) is 0.627. The molecule has 1 unspecified atom stereocenters. The zero-order valence-electron chi connectivity index (χ0n) is 19.9. The Bertz CT molecular complexity index is 1170. The highest BCUT2D eigenvalue weighted by atomic mass is 19.4. The number of anilines is 3. The van der Waals surface area contributed by atoms with Crippen LogP contribution in [0, 0.1) is 0 Å². The summed E-state index contributed by atoms with van der Waals surface area (Å²) in [6.45, 7) is 2.67. The van der Waals surface area contributed by atoms with Crippen molar-refractivity contribution in [1.29, 1.82) is 0 Å². The number of urea groups is 1. The fraction of sp³-hybridized carbons (Fsp3) is 0.500. The van der Waals surface area contributed by atoms with Crippen LogP contribution in [-0.4, -0.2) is 77.2 Å². The van der Waals surface area contributed by atoms with E-state index >= 15 is 0 Å². The summed E-state index contributed by atoms with van der Waals surface area (Å²) in [5.74, 6) is -0.119. The lowest BCUT2D eigenvalue weighted by molar-refractivity contribution is -0.160. The fourth-order valence-corrected chi connectivity index (χ4v) is 5.09. The Hall–Kier alpha value is -3.57. The van der Waals surface area contributed by atoms with Crippen LogP contribution in [0.4, 0.5) is 35.3 Å². The van der Waals surface area contributed by atoms with Gasteiger partial charge in [0.1, 0.15) is 5.82 Å². The number of primary amides is 1. The largest absolute Gasteiger partial charge is 0.398 e. The number of hydrogen-bond donors (Lipinski definition) is 2. The number of nitrogens with one attached hydrogen (secondary N) is 1. The molecule has 9 nitrogen and oxygen atoms in total. The molecule has 2 saturated heterocycles. The molecule has 1 aliphatic carbocycles. The highest BCUT2D eigenvalue weighted by molar-refractivity contribution is 5.96. The number of carbonyl (C=O) groups is 2. The third-order valence-corrected chi connectivity index (χ3v) is 7.40. The molecule has 3 heterocycles. The minimum atomic E-state index is -4.29. The fourth-order valence-electron chi connectivity index (χ4n) is 5.09. The van der Waals surface area contributed by atoms with E-state index in [1.54, 1.807) is 11.9 Å². The van der Waals surface area contributed by atoms with Gasteiger partial charge in [0.25, 0.3) is 5.91 Å². The number of alkyl halides is 3. The summed E-state index contributed by atoms with van der Waals surface area (Å²) in [7, 11) is 1.79. The number of aromatic nitrogens is 2. The number of hydrogen-bond acceptors (Lipinski definition) is 6. The molecule has 3 aliphatic rings. The van der Waals surface area contributed by atoms with Gasteiger partial charge in [0, 0.05) is 38.9 Å². The summed E-state index contributed by atoms with van der Waals surface area (Å²) >= 11 is 0. The summed E-state index contributed by atoms with van der Waals surface area (Å²) < 4.78 is 40.3. The minimum absolute atomic E-state index is 0.0151. The Morgan fingerprint density at radius 1 is 1.17 bits per heavy atom. The maximum absolute atomic E-state index is 13.4. The van der Waals surface area contributed by atoms with Crippen LogP contribution >= 0.6 is 0 Å². The van der Waals surface area contributed by atoms with Gasteiger partial charge in [0.2, 0.25) is 0 Å². The molecule has 12 heteroatoms. The second-order valence-electron chi connectivity index (χ2n) is 9.71. The summed E-state index contributed by atoms with van der Waals surface area (Å²) in [5.41, 5.74) is 4.35. The van der Waals surface area contributed by atoms with Gasteiger partial charge in [-0.1, -0.05) is 12.1 Å². The Balaban J connectivity index is 1.36. The maximum atomic E-state index is 13.4. The summed E-state index contributed by atoms with van der Waals surface area (Å²) in [4.78, 5) is 38.9. The predicted octanol–water partition coefficient (Wildman–Crippen LogP) is 3.25. The molecule has 3 amide bonds. The standard InChI is InChI=1S/C24H28F3N7O2/c1-32-11-12-34(22(32)36)17-3-2-10-33(14-17)18-13-29-19(20(28)35)21(31-18)30-16-6-4-15(5-7-16)23(8-9-23)24(25,26)27/h4-7,13,17H,2-3,8-12,14H2,1H3,(H2,28,35)(H,30,31). The second kappa shape index (κ2) is 8.82. The number of likely N-dealkylation sites (N-methyl/N-ethyl adjacent to an activating group) is 1. The molecule has 1 saturated carbocycles. The van der Waals surface area contributed by atoms with Crippen molar-refractivity contribution in [2.24, 2.45) is 5.73 Å². The van der Waals surface area contributed by atoms with Crippen LogP contribution in [-0.2, 0) is 5.41 Å². The molecule has 5 rings (SSSR count). The van der Waals surface area contributed by atoms with Gasteiger partial charge in [-0.2, -0.15) is 13.2 Å². The molecule has 1 aromatic heterocycles. The third-order valence-electron chi connectivity index (χ3n) is 7.40. The van der Waals surface area contributed by atoms with E-state index in [1.165, 1.54) is 30.5 Å². The van der Waals surface area contributed by atoms with Crippen molar-refractivity contribution >= 4 is 29.3 Å². The van der Waals surface area contributed by atoms with Gasteiger partial charge in [0.05, 0.1) is 17.7 Å². The first-order valence-corrected chi connectivity index (χ1v) is 12.0. The Labute approximate surface area is 206 Å². The number of benzene rings is 1. The van der Waals surface area contributed by atoms with Crippen molar-refractivity contribution in [1.82, 2.24) is 19.8 Å². The molecule has 1 atom stereocenters. The Morgan fingerprint density at radius 3 is 2.47 bits per heavy atom. The first kappa shape index (κ1) is 24.1. The van der Waals surface area contributed by atoms with Crippen LogP contribution in [0.5, 0.6) is 0 Å². The van der Waals surface area contributed by atoms with Crippen molar-refractivity contribution < 1.29 is 22.8 Å². The molecular weight excluding hydrogens is 475 g/mol. The van der Waals surface area contributed by atoms with E-state index < -0.39 is 17.5 Å². The Morgan fingerprint density at radius 2 is 1.89 bits per heavy atom. The van der Waals surface area contributed by atoms with E-state index in [0.29, 0.717) is 37.7 Å². The smallest absolute Gasteiger partial charge is 0.364 e. The van der Waals surface area contributed by atoms with Crippen molar-refractivity contribution in [2.75, 3.05) is 43.4 Å². The van der Waals surface area contributed by atoms with E-state index in [9.17, 15) is 22.8 Å². The highest BCUT2D eigenvalue weighted by Gasteiger charge is 2.64. The molecule has 0 radical (unpaired) electrons. The van der Waals surface area contributed by atoms with E-state index in [0.717, 1.165) is 12.8 Å². The molecule has 36 heavy (non-hydrogen) atoms. The number of nitrogens with zero attached hydrogens (tertiary/aromatic N) is 5. The number of amides is 3. The zero-order valence-corrected chi connectivity index (χ0v) is 19.9. The normalized spacial score (nSPS) is 21.6. The van der Waals surface area contributed by atoms with Gasteiger partial charge in [-0.05, 0) is 43.4 Å². The summed E-state index contributed by atoms with van der Waals surface area (Å²) in [6, 6.07) is 6.02.